The number of nitrogens with zero attached hydrogens (tertiary/aromatic N) is 1. The van der Waals surface area contributed by atoms with Crippen molar-refractivity contribution in [1.82, 2.24) is 10.2 Å². The third-order valence-electron chi connectivity index (χ3n) is 3.24. The molecule has 1 heterocycles. The summed E-state index contributed by atoms with van der Waals surface area (Å²) in [5.74, 6) is 0.239. The highest BCUT2D eigenvalue weighted by atomic mass is 79.9. The molecule has 0 aromatic heterocycles. The van der Waals surface area contributed by atoms with Crippen LogP contribution in [0.1, 0.15) is 25.3 Å². The van der Waals surface area contributed by atoms with Crippen LogP contribution >= 0.6 is 15.9 Å². The van der Waals surface area contributed by atoms with Crippen molar-refractivity contribution in [3.05, 3.63) is 34.3 Å². The number of benzene rings is 1. The van der Waals surface area contributed by atoms with Gasteiger partial charge in [-0.3, -0.25) is 4.79 Å². The average molecular weight is 311 g/mol. The zero-order chi connectivity index (χ0) is 13.0. The predicted octanol–water partition coefficient (Wildman–Crippen LogP) is 2.55. The van der Waals surface area contributed by atoms with Gasteiger partial charge in [0.25, 0.3) is 0 Å². The molecule has 98 valence electrons. The van der Waals surface area contributed by atoms with Gasteiger partial charge >= 0.3 is 0 Å². The number of likely N-dealkylation sites (tertiary alicyclic amines) is 1. The number of likely N-dealkylation sites (N-methyl/N-ethyl adjacent to an activating group) is 1. The van der Waals surface area contributed by atoms with Crippen LogP contribution in [0.2, 0.25) is 0 Å². The average Bonchev–Trinajstić information content (AvgIpc) is 2.35. The van der Waals surface area contributed by atoms with E-state index in [9.17, 15) is 4.79 Å². The summed E-state index contributed by atoms with van der Waals surface area (Å²) in [6.07, 6.45) is 2.04. The molecule has 1 aliphatic rings. The van der Waals surface area contributed by atoms with Crippen molar-refractivity contribution in [3.8, 4) is 0 Å². The second-order valence-electron chi connectivity index (χ2n) is 4.64. The van der Waals surface area contributed by atoms with E-state index in [2.05, 4.69) is 33.4 Å². The fourth-order valence-corrected chi connectivity index (χ4v) is 2.84. The van der Waals surface area contributed by atoms with Crippen LogP contribution < -0.4 is 5.32 Å². The van der Waals surface area contributed by atoms with Crippen molar-refractivity contribution in [1.29, 1.82) is 0 Å². The topological polar surface area (TPSA) is 32.3 Å². The number of nitrogens with one attached hydrogen (secondary N) is 1. The summed E-state index contributed by atoms with van der Waals surface area (Å²) < 4.78 is 1.06. The highest BCUT2D eigenvalue weighted by molar-refractivity contribution is 9.10. The Bertz CT molecular complexity index is 420. The molecular weight excluding hydrogens is 292 g/mol. The number of halogens is 1. The summed E-state index contributed by atoms with van der Waals surface area (Å²) in [6, 6.07) is 8.16. The molecule has 4 heteroatoms. The molecule has 18 heavy (non-hydrogen) atoms. The minimum absolute atomic E-state index is 0.0101. The lowest BCUT2D eigenvalue weighted by molar-refractivity contribution is -0.136. The maximum atomic E-state index is 12.3. The van der Waals surface area contributed by atoms with E-state index in [0.29, 0.717) is 6.54 Å². The zero-order valence-corrected chi connectivity index (χ0v) is 12.2. The molecule has 1 aromatic rings. The Morgan fingerprint density at radius 3 is 3.06 bits per heavy atom. The minimum atomic E-state index is 0.0101. The van der Waals surface area contributed by atoms with Crippen molar-refractivity contribution in [2.24, 2.45) is 0 Å². The van der Waals surface area contributed by atoms with E-state index in [-0.39, 0.29) is 11.9 Å². The van der Waals surface area contributed by atoms with Gasteiger partial charge in [-0.15, -0.1) is 0 Å². The molecule has 1 atom stereocenters. The first-order valence-electron chi connectivity index (χ1n) is 6.47. The van der Waals surface area contributed by atoms with Gasteiger partial charge < -0.3 is 10.2 Å². The Hall–Kier alpha value is -0.870. The molecule has 1 amide bonds. The first-order chi connectivity index (χ1) is 8.70. The largest absolute Gasteiger partial charge is 0.337 e. The second-order valence-corrected chi connectivity index (χ2v) is 5.56. The number of carbonyl (C=O) groups excluding carboxylic acids is 1. The van der Waals surface area contributed by atoms with Crippen molar-refractivity contribution < 1.29 is 4.79 Å². The highest BCUT2D eigenvalue weighted by Gasteiger charge is 2.27. The fraction of sp³-hybridized carbons (Fsp3) is 0.500. The van der Waals surface area contributed by atoms with Gasteiger partial charge in [0.05, 0.1) is 6.04 Å². The SMILES string of the molecule is CCNC1CCCN(Cc2cccc(Br)c2)C1=O. The van der Waals surface area contributed by atoms with E-state index in [0.717, 1.165) is 30.4 Å². The van der Waals surface area contributed by atoms with Gasteiger partial charge in [-0.05, 0) is 37.1 Å². The number of carbonyl (C=O) groups is 1. The lowest BCUT2D eigenvalue weighted by Crippen LogP contribution is -2.50. The fourth-order valence-electron chi connectivity index (χ4n) is 2.39. The van der Waals surface area contributed by atoms with E-state index in [1.54, 1.807) is 0 Å². The van der Waals surface area contributed by atoms with Crippen LogP contribution in [-0.4, -0.2) is 29.9 Å². The van der Waals surface area contributed by atoms with E-state index in [1.165, 1.54) is 5.56 Å². The van der Waals surface area contributed by atoms with Gasteiger partial charge in [-0.2, -0.15) is 0 Å². The van der Waals surface area contributed by atoms with Crippen molar-refractivity contribution in [2.45, 2.75) is 32.4 Å². The predicted molar refractivity (Wildman–Crippen MR) is 76.3 cm³/mol. The molecule has 0 aliphatic carbocycles. The third kappa shape index (κ3) is 3.33. The molecule has 0 bridgehead atoms. The van der Waals surface area contributed by atoms with Crippen LogP contribution in [-0.2, 0) is 11.3 Å². The Kier molecular flexibility index (Phi) is 4.78. The van der Waals surface area contributed by atoms with Crippen LogP contribution in [0.25, 0.3) is 0 Å². The standard InChI is InChI=1S/C14H19BrN2O/c1-2-16-13-7-4-8-17(14(13)18)10-11-5-3-6-12(15)9-11/h3,5-6,9,13,16H,2,4,7-8,10H2,1H3. The number of hydrogen-bond donors (Lipinski definition) is 1. The molecule has 2 rings (SSSR count). The number of piperidine rings is 1. The van der Waals surface area contributed by atoms with Gasteiger partial charge in [0.1, 0.15) is 0 Å². The monoisotopic (exact) mass is 310 g/mol. The Balaban J connectivity index is 2.02. The zero-order valence-electron chi connectivity index (χ0n) is 10.7. The molecule has 1 unspecified atom stereocenters. The normalized spacial score (nSPS) is 20.2. The smallest absolute Gasteiger partial charge is 0.240 e. The summed E-state index contributed by atoms with van der Waals surface area (Å²) in [5.41, 5.74) is 1.18. The van der Waals surface area contributed by atoms with Crippen molar-refractivity contribution >= 4 is 21.8 Å². The molecule has 1 aliphatic heterocycles. The van der Waals surface area contributed by atoms with Crippen molar-refractivity contribution in [2.75, 3.05) is 13.1 Å². The lowest BCUT2D eigenvalue weighted by atomic mass is 10.0. The first kappa shape index (κ1) is 13.6. The molecule has 1 N–H and O–H groups in total. The van der Waals surface area contributed by atoms with E-state index in [1.807, 2.05) is 24.0 Å². The van der Waals surface area contributed by atoms with Gasteiger partial charge in [-0.25, -0.2) is 0 Å². The maximum Gasteiger partial charge on any atom is 0.240 e. The highest BCUT2D eigenvalue weighted by Crippen LogP contribution is 2.17. The lowest BCUT2D eigenvalue weighted by Gasteiger charge is -2.32. The Morgan fingerprint density at radius 2 is 2.33 bits per heavy atom. The summed E-state index contributed by atoms with van der Waals surface area (Å²) >= 11 is 3.46. The molecule has 1 fully saturated rings. The molecule has 0 saturated carbocycles. The summed E-state index contributed by atoms with van der Waals surface area (Å²) in [7, 11) is 0. The van der Waals surface area contributed by atoms with E-state index >= 15 is 0 Å². The van der Waals surface area contributed by atoms with Crippen LogP contribution in [0.5, 0.6) is 0 Å². The molecule has 0 spiro atoms. The van der Waals surface area contributed by atoms with Crippen LogP contribution in [0.15, 0.2) is 28.7 Å². The van der Waals surface area contributed by atoms with Crippen LogP contribution in [0, 0.1) is 0 Å². The van der Waals surface area contributed by atoms with Gasteiger partial charge in [0.2, 0.25) is 5.91 Å². The third-order valence-corrected chi connectivity index (χ3v) is 3.74. The number of hydrogen-bond acceptors (Lipinski definition) is 2. The van der Waals surface area contributed by atoms with Gasteiger partial charge in [0.15, 0.2) is 0 Å². The summed E-state index contributed by atoms with van der Waals surface area (Å²) in [5, 5.41) is 3.26. The van der Waals surface area contributed by atoms with Gasteiger partial charge in [0, 0.05) is 17.6 Å². The summed E-state index contributed by atoms with van der Waals surface area (Å²) in [6.45, 7) is 4.47. The molecular formula is C14H19BrN2O. The molecule has 3 nitrogen and oxygen atoms in total. The Morgan fingerprint density at radius 1 is 1.50 bits per heavy atom. The second kappa shape index (κ2) is 6.34. The first-order valence-corrected chi connectivity index (χ1v) is 7.26. The van der Waals surface area contributed by atoms with Crippen LogP contribution in [0.4, 0.5) is 0 Å². The number of rotatable bonds is 4. The van der Waals surface area contributed by atoms with Gasteiger partial charge in [-0.1, -0.05) is 35.0 Å². The number of amides is 1. The molecule has 1 saturated heterocycles. The summed E-state index contributed by atoms with van der Waals surface area (Å²) in [4.78, 5) is 14.2. The molecule has 1 aromatic carbocycles. The quantitative estimate of drug-likeness (QED) is 0.927. The maximum absolute atomic E-state index is 12.3. The van der Waals surface area contributed by atoms with Crippen LogP contribution in [0.3, 0.4) is 0 Å². The van der Waals surface area contributed by atoms with Crippen molar-refractivity contribution in [3.63, 3.8) is 0 Å². The Labute approximate surface area is 117 Å². The van der Waals surface area contributed by atoms with E-state index in [4.69, 9.17) is 0 Å². The van der Waals surface area contributed by atoms with E-state index < -0.39 is 0 Å². The minimum Gasteiger partial charge on any atom is -0.337 e. The molecule has 0 radical (unpaired) electrons.